The van der Waals surface area contributed by atoms with Gasteiger partial charge in [-0.1, -0.05) is 72.8 Å². The first-order chi connectivity index (χ1) is 29.5. The molecule has 0 aliphatic rings. The lowest BCUT2D eigenvalue weighted by Gasteiger charge is -2.10. The molecule has 1 N–H and O–H groups in total. The minimum absolute atomic E-state index is 0.113. The monoisotopic (exact) mass is 1050 g/mol. The van der Waals surface area contributed by atoms with E-state index in [0.717, 1.165) is 0 Å². The van der Waals surface area contributed by atoms with Crippen molar-refractivity contribution >= 4 is 53.7 Å². The summed E-state index contributed by atoms with van der Waals surface area (Å²) >= 11 is 2.41. The summed E-state index contributed by atoms with van der Waals surface area (Å²) < 4.78 is 185. The molecule has 0 aliphatic carbocycles. The molecule has 20 heteroatoms. The third-order valence-corrected chi connectivity index (χ3v) is 13.7. The maximum Gasteiger partial charge on any atom is 0.300 e. The second kappa shape index (κ2) is 20.1. The van der Waals surface area contributed by atoms with E-state index in [-0.39, 0.29) is 10.9 Å². The Morgan fingerprint density at radius 3 is 1.10 bits per heavy atom. The lowest BCUT2D eigenvalue weighted by Crippen LogP contribution is -2.12. The second-order valence-electron chi connectivity index (χ2n) is 12.7. The average Bonchev–Trinajstić information content (AvgIpc) is 3.25. The molecule has 0 saturated carbocycles. The molecule has 0 radical (unpaired) electrons. The summed E-state index contributed by atoms with van der Waals surface area (Å²) in [4.78, 5) is -0.623. The second-order valence-corrected chi connectivity index (χ2v) is 18.6. The van der Waals surface area contributed by atoms with Gasteiger partial charge >= 0.3 is 10.1 Å². The molecule has 0 heterocycles. The Morgan fingerprint density at radius 2 is 0.746 bits per heavy atom. The number of hydrogen-bond acceptors (Lipinski definition) is 5. The van der Waals surface area contributed by atoms with Crippen LogP contribution in [0.1, 0.15) is 5.56 Å². The third-order valence-electron chi connectivity index (χ3n) is 8.62. The van der Waals surface area contributed by atoms with Crippen LogP contribution in [0.4, 0.5) is 43.9 Å². The molecule has 328 valence electrons. The largest absolute Gasteiger partial charge is 0.744 e. The van der Waals surface area contributed by atoms with E-state index in [2.05, 4.69) is 157 Å². The van der Waals surface area contributed by atoms with Crippen molar-refractivity contribution in [2.75, 3.05) is 0 Å². The van der Waals surface area contributed by atoms with Crippen LogP contribution >= 0.6 is 22.6 Å². The summed E-state index contributed by atoms with van der Waals surface area (Å²) in [5, 5.41) is 0. The van der Waals surface area contributed by atoms with E-state index >= 15 is 0 Å². The highest BCUT2D eigenvalue weighted by molar-refractivity contribution is 14.1. The van der Waals surface area contributed by atoms with Gasteiger partial charge in [0.1, 0.15) is 15.0 Å². The average molecular weight is 1050 g/mol. The zero-order valence-electron chi connectivity index (χ0n) is 31.5. The Bertz CT molecular complexity index is 2830. The number of hydrogen-bond donors (Lipinski definition) is 1. The fourth-order valence-corrected chi connectivity index (χ4v) is 9.40. The first-order valence-corrected chi connectivity index (χ1v) is 22.5. The zero-order chi connectivity index (χ0) is 46.6. The zero-order valence-corrected chi connectivity index (χ0v) is 36.1. The number of aryl methyl sites for hydroxylation is 1. The molecule has 0 fully saturated rings. The molecule has 0 aromatic heterocycles. The van der Waals surface area contributed by atoms with Gasteiger partial charge < -0.3 is 4.55 Å². The van der Waals surface area contributed by atoms with Crippen LogP contribution in [-0.4, -0.2) is 25.9 Å². The van der Waals surface area contributed by atoms with Crippen LogP contribution in [0.2, 0.25) is 0 Å². The van der Waals surface area contributed by atoms with Gasteiger partial charge in [0.15, 0.2) is 66.1 Å². The Morgan fingerprint density at radius 1 is 0.444 bits per heavy atom. The van der Waals surface area contributed by atoms with E-state index in [4.69, 9.17) is 4.55 Å². The normalized spacial score (nSPS) is 11.4. The van der Waals surface area contributed by atoms with E-state index in [1.54, 1.807) is 0 Å². The van der Waals surface area contributed by atoms with E-state index in [9.17, 15) is 65.3 Å². The van der Waals surface area contributed by atoms with Gasteiger partial charge in [0.25, 0.3) is 0 Å². The molecule has 0 amide bonds. The Balaban J connectivity index is 0.000000208. The Kier molecular flexibility index (Phi) is 15.5. The highest BCUT2D eigenvalue weighted by atomic mass is 127. The van der Waals surface area contributed by atoms with Crippen LogP contribution in [0.5, 0.6) is 0 Å². The van der Waals surface area contributed by atoms with Gasteiger partial charge in [-0.25, -0.2) is 52.3 Å². The Hall–Kier alpha value is -5.26. The molecule has 0 aliphatic heterocycles. The summed E-state index contributed by atoms with van der Waals surface area (Å²) in [6.45, 7) is 2.15. The van der Waals surface area contributed by atoms with Crippen molar-refractivity contribution < 1.29 is 69.8 Å². The van der Waals surface area contributed by atoms with Gasteiger partial charge in [-0.2, -0.15) is 8.42 Å². The topological polar surface area (TPSA) is 112 Å². The van der Waals surface area contributed by atoms with Gasteiger partial charge in [-0.15, -0.1) is 0 Å². The van der Waals surface area contributed by atoms with Crippen molar-refractivity contribution in [1.82, 2.24) is 0 Å². The van der Waals surface area contributed by atoms with Gasteiger partial charge in [-0.05, 0) is 112 Å². The highest BCUT2D eigenvalue weighted by Gasteiger charge is 2.33. The minimum atomic E-state index is -5.77. The van der Waals surface area contributed by atoms with Gasteiger partial charge in [-0.3, -0.25) is 4.55 Å². The van der Waals surface area contributed by atoms with Gasteiger partial charge in [0.2, 0.25) is 11.6 Å². The molecule has 7 aromatic carbocycles. The van der Waals surface area contributed by atoms with Crippen LogP contribution in [0.25, 0.3) is 22.3 Å². The first kappa shape index (κ1) is 48.8. The number of benzene rings is 7. The predicted molar refractivity (Wildman–Crippen MR) is 220 cm³/mol. The van der Waals surface area contributed by atoms with E-state index in [1.807, 2.05) is 0 Å². The molecule has 0 saturated heterocycles. The van der Waals surface area contributed by atoms with E-state index in [1.165, 1.54) is 46.1 Å². The predicted octanol–water partition coefficient (Wildman–Crippen LogP) is 11.9. The first-order valence-electron chi connectivity index (χ1n) is 17.3. The molecule has 0 unspecified atom stereocenters. The van der Waals surface area contributed by atoms with Gasteiger partial charge in [0.05, 0.1) is 10.9 Å². The van der Waals surface area contributed by atoms with Crippen LogP contribution in [0, 0.1) is 68.7 Å². The van der Waals surface area contributed by atoms with Crippen molar-refractivity contribution in [3.63, 3.8) is 0 Å². The van der Waals surface area contributed by atoms with E-state index in [0.29, 0.717) is 0 Å². The summed E-state index contributed by atoms with van der Waals surface area (Å²) in [5.74, 6) is -25.4. The molecule has 0 atom stereocenters. The maximum absolute atomic E-state index is 12.6. The van der Waals surface area contributed by atoms with E-state index < -0.39 is 88.2 Å². The summed E-state index contributed by atoms with van der Waals surface area (Å²) in [6.07, 6.45) is 0. The Labute approximate surface area is 369 Å². The summed E-state index contributed by atoms with van der Waals surface area (Å²) in [6, 6.07) is 46.2. The summed E-state index contributed by atoms with van der Waals surface area (Å²) in [7, 11) is -11.4. The molecular weight excluding hydrogens is 1030 g/mol. The molecule has 6 nitrogen and oxygen atoms in total. The summed E-state index contributed by atoms with van der Waals surface area (Å²) in [5.41, 5.74) is 6.32. The standard InChI is InChI=1S/C31H24IS.2C6HF5O3S/c1-23-12-13-27(22-31(23)32)26-16-14-24(15-17-26)25-18-20-30(21-19-25)33(28-8-4-2-5-9-28)29-10-6-3-7-11-29;2*7-1-2(8)4(10)6(15(12,13)14)5(11)3(1)9/h2-22H,1H3;2*(H,12,13,14)/q+1;;/p-1. The van der Waals surface area contributed by atoms with Crippen molar-refractivity contribution in [1.29, 1.82) is 0 Å². The molecular formula is C43H25F10IO6S3. The van der Waals surface area contributed by atoms with Crippen LogP contribution in [0.15, 0.2) is 152 Å². The molecule has 7 aromatic rings. The quantitative estimate of drug-likeness (QED) is 0.0425. The van der Waals surface area contributed by atoms with Crippen molar-refractivity contribution in [3.05, 3.63) is 195 Å². The fourth-order valence-electron chi connectivity index (χ4n) is 5.55. The SMILES string of the molecule is Cc1ccc(-c2ccc(-c3ccc([S+](c4ccccc4)c4ccccc4)cc3)cc2)cc1I.O=S(=O)(O)c1c(F)c(F)c(F)c(F)c1F.O=S(=O)([O-])c1c(F)c(F)c(F)c(F)c1F. The van der Waals surface area contributed by atoms with Crippen molar-refractivity contribution in [2.45, 2.75) is 31.4 Å². The van der Waals surface area contributed by atoms with Crippen LogP contribution in [0.3, 0.4) is 0 Å². The maximum atomic E-state index is 12.6. The van der Waals surface area contributed by atoms with Crippen LogP contribution in [-0.2, 0) is 31.1 Å². The van der Waals surface area contributed by atoms with Crippen molar-refractivity contribution in [2.24, 2.45) is 0 Å². The van der Waals surface area contributed by atoms with Gasteiger partial charge in [0, 0.05) is 3.57 Å². The minimum Gasteiger partial charge on any atom is -0.744 e. The molecule has 0 bridgehead atoms. The van der Waals surface area contributed by atoms with Crippen molar-refractivity contribution in [3.8, 4) is 22.3 Å². The fraction of sp³-hybridized carbons (Fsp3) is 0.0233. The number of rotatable bonds is 7. The number of halogens is 11. The highest BCUT2D eigenvalue weighted by Crippen LogP contribution is 2.34. The van der Waals surface area contributed by atoms with Crippen LogP contribution < -0.4 is 0 Å². The molecule has 63 heavy (non-hydrogen) atoms. The smallest absolute Gasteiger partial charge is 0.300 e. The molecule has 7 rings (SSSR count). The lowest BCUT2D eigenvalue weighted by molar-refractivity contribution is 0.350. The molecule has 0 spiro atoms. The lowest BCUT2D eigenvalue weighted by atomic mass is 10.00. The third kappa shape index (κ3) is 11.1.